The van der Waals surface area contributed by atoms with E-state index in [4.69, 9.17) is 5.73 Å². The predicted octanol–water partition coefficient (Wildman–Crippen LogP) is 1.79. The van der Waals surface area contributed by atoms with E-state index in [-0.39, 0.29) is 5.91 Å². The fraction of sp³-hybridized carbons (Fsp3) is 0.417. The van der Waals surface area contributed by atoms with Crippen molar-refractivity contribution in [3.63, 3.8) is 0 Å². The maximum Gasteiger partial charge on any atom is 0.251 e. The lowest BCUT2D eigenvalue weighted by Crippen LogP contribution is -2.22. The van der Waals surface area contributed by atoms with E-state index in [0.29, 0.717) is 17.8 Å². The van der Waals surface area contributed by atoms with Crippen LogP contribution in [0.5, 0.6) is 0 Å². The molecule has 1 aromatic carbocycles. The second-order valence-corrected chi connectivity index (χ2v) is 4.57. The van der Waals surface area contributed by atoms with E-state index in [1.807, 2.05) is 6.92 Å². The van der Waals surface area contributed by atoms with Gasteiger partial charge in [-0.1, -0.05) is 0 Å². The van der Waals surface area contributed by atoms with Crippen LogP contribution in [0.25, 0.3) is 0 Å². The molecule has 17 heavy (non-hydrogen) atoms. The Morgan fingerprint density at radius 2 is 2.24 bits per heavy atom. The lowest BCUT2D eigenvalue weighted by Gasteiger charge is -2.10. The zero-order valence-electron chi connectivity index (χ0n) is 10.2. The van der Waals surface area contributed by atoms with Crippen LogP contribution in [0.1, 0.15) is 17.3 Å². The van der Waals surface area contributed by atoms with Gasteiger partial charge in [0, 0.05) is 24.4 Å². The highest BCUT2D eigenvalue weighted by molar-refractivity contribution is 7.98. The smallest absolute Gasteiger partial charge is 0.251 e. The maximum absolute atomic E-state index is 11.7. The lowest BCUT2D eigenvalue weighted by molar-refractivity contribution is 0.0956. The van der Waals surface area contributed by atoms with E-state index >= 15 is 0 Å². The van der Waals surface area contributed by atoms with Crippen LogP contribution >= 0.6 is 11.8 Å². The van der Waals surface area contributed by atoms with Crippen LogP contribution in [0.15, 0.2) is 18.2 Å². The second kappa shape index (κ2) is 7.06. The number of carbonyl (C=O) groups excluding carboxylic acids is 1. The monoisotopic (exact) mass is 253 g/mol. The number of anilines is 2. The van der Waals surface area contributed by atoms with E-state index in [0.717, 1.165) is 18.0 Å². The van der Waals surface area contributed by atoms with Gasteiger partial charge in [-0.05, 0) is 31.4 Å². The summed E-state index contributed by atoms with van der Waals surface area (Å²) in [4.78, 5) is 11.7. The number of carbonyl (C=O) groups is 1. The molecule has 0 saturated heterocycles. The number of rotatable bonds is 6. The summed E-state index contributed by atoms with van der Waals surface area (Å²) in [6.07, 6.45) is 2.05. The number of benzene rings is 1. The number of nitrogens with one attached hydrogen (secondary N) is 2. The van der Waals surface area contributed by atoms with Crippen LogP contribution in [0.3, 0.4) is 0 Å². The summed E-state index contributed by atoms with van der Waals surface area (Å²) in [6, 6.07) is 5.28. The minimum Gasteiger partial charge on any atom is -0.397 e. The fourth-order valence-electron chi connectivity index (χ4n) is 1.40. The second-order valence-electron chi connectivity index (χ2n) is 3.58. The van der Waals surface area contributed by atoms with E-state index in [9.17, 15) is 4.79 Å². The van der Waals surface area contributed by atoms with Crippen molar-refractivity contribution >= 4 is 29.0 Å². The third kappa shape index (κ3) is 4.19. The van der Waals surface area contributed by atoms with Crippen molar-refractivity contribution in [2.45, 2.75) is 6.92 Å². The zero-order valence-corrected chi connectivity index (χ0v) is 11.1. The Bertz CT molecular complexity index is 382. The third-order valence-corrected chi connectivity index (χ3v) is 2.89. The van der Waals surface area contributed by atoms with Gasteiger partial charge in [-0.3, -0.25) is 4.79 Å². The number of amides is 1. The summed E-state index contributed by atoms with van der Waals surface area (Å²) in [5.74, 6) is 0.936. The molecule has 0 unspecified atom stereocenters. The van der Waals surface area contributed by atoms with Gasteiger partial charge in [-0.15, -0.1) is 0 Å². The number of hydrogen-bond donors (Lipinski definition) is 3. The Morgan fingerprint density at radius 3 is 2.88 bits per heavy atom. The summed E-state index contributed by atoms with van der Waals surface area (Å²) in [5.41, 5.74) is 7.96. The zero-order chi connectivity index (χ0) is 12.7. The molecule has 0 fully saturated rings. The highest BCUT2D eigenvalue weighted by atomic mass is 32.2. The Hall–Kier alpha value is -1.36. The summed E-state index contributed by atoms with van der Waals surface area (Å²) in [7, 11) is 0. The summed E-state index contributed by atoms with van der Waals surface area (Å²) >= 11 is 1.76. The number of nitrogens with two attached hydrogens (primary N) is 1. The molecule has 1 aromatic rings. The minimum absolute atomic E-state index is 0.0691. The molecule has 5 heteroatoms. The molecule has 0 aliphatic rings. The van der Waals surface area contributed by atoms with Crippen LogP contribution in [0, 0.1) is 0 Å². The van der Waals surface area contributed by atoms with Gasteiger partial charge in [0.25, 0.3) is 5.91 Å². The molecule has 4 N–H and O–H groups in total. The quantitative estimate of drug-likeness (QED) is 0.534. The molecule has 0 atom stereocenters. The normalized spacial score (nSPS) is 10.0. The maximum atomic E-state index is 11.7. The van der Waals surface area contributed by atoms with Crippen molar-refractivity contribution < 1.29 is 4.79 Å². The first-order valence-electron chi connectivity index (χ1n) is 5.59. The molecule has 1 rings (SSSR count). The van der Waals surface area contributed by atoms with Crippen molar-refractivity contribution in [2.75, 3.05) is 36.1 Å². The van der Waals surface area contributed by atoms with Crippen LogP contribution < -0.4 is 16.4 Å². The molecule has 94 valence electrons. The molecule has 1 amide bonds. The van der Waals surface area contributed by atoms with Crippen molar-refractivity contribution in [2.24, 2.45) is 0 Å². The van der Waals surface area contributed by atoms with E-state index < -0.39 is 0 Å². The van der Waals surface area contributed by atoms with Gasteiger partial charge in [0.1, 0.15) is 0 Å². The van der Waals surface area contributed by atoms with Gasteiger partial charge in [-0.2, -0.15) is 11.8 Å². The summed E-state index contributed by atoms with van der Waals surface area (Å²) in [6.45, 7) is 3.36. The predicted molar refractivity (Wildman–Crippen MR) is 75.7 cm³/mol. The Balaban J connectivity index is 2.75. The van der Waals surface area contributed by atoms with E-state index in [2.05, 4.69) is 16.9 Å². The van der Waals surface area contributed by atoms with E-state index in [1.165, 1.54) is 0 Å². The number of thioether (sulfide) groups is 1. The van der Waals surface area contributed by atoms with Gasteiger partial charge in [0.05, 0.1) is 11.4 Å². The van der Waals surface area contributed by atoms with Crippen LogP contribution in [0.2, 0.25) is 0 Å². The standard InChI is InChI=1S/C12H19N3OS/c1-3-14-12(16)9-4-5-10(13)11(8-9)15-6-7-17-2/h4-5,8,15H,3,6-7,13H2,1-2H3,(H,14,16). The fourth-order valence-corrected chi connectivity index (χ4v) is 1.71. The summed E-state index contributed by atoms with van der Waals surface area (Å²) < 4.78 is 0. The minimum atomic E-state index is -0.0691. The first-order chi connectivity index (χ1) is 8.19. The van der Waals surface area contributed by atoms with Crippen molar-refractivity contribution in [3.05, 3.63) is 23.8 Å². The molecule has 0 radical (unpaired) electrons. The van der Waals surface area contributed by atoms with Crippen molar-refractivity contribution in [1.29, 1.82) is 0 Å². The van der Waals surface area contributed by atoms with Gasteiger partial charge in [0.2, 0.25) is 0 Å². The number of nitrogen functional groups attached to an aromatic ring is 1. The van der Waals surface area contributed by atoms with Gasteiger partial charge < -0.3 is 16.4 Å². The highest BCUT2D eigenvalue weighted by Gasteiger charge is 2.06. The van der Waals surface area contributed by atoms with Crippen LogP contribution in [0.4, 0.5) is 11.4 Å². The first kappa shape index (κ1) is 13.7. The van der Waals surface area contributed by atoms with Gasteiger partial charge >= 0.3 is 0 Å². The molecule has 0 heterocycles. The van der Waals surface area contributed by atoms with Crippen LogP contribution in [-0.4, -0.2) is 31.0 Å². The van der Waals surface area contributed by atoms with Crippen molar-refractivity contribution in [1.82, 2.24) is 5.32 Å². The Morgan fingerprint density at radius 1 is 1.47 bits per heavy atom. The average molecular weight is 253 g/mol. The molecule has 0 aromatic heterocycles. The molecule has 0 bridgehead atoms. The first-order valence-corrected chi connectivity index (χ1v) is 6.99. The van der Waals surface area contributed by atoms with Crippen LogP contribution in [-0.2, 0) is 0 Å². The molecule has 0 aliphatic carbocycles. The summed E-state index contributed by atoms with van der Waals surface area (Å²) in [5, 5.41) is 5.99. The highest BCUT2D eigenvalue weighted by Crippen LogP contribution is 2.19. The number of hydrogen-bond acceptors (Lipinski definition) is 4. The average Bonchev–Trinajstić information content (AvgIpc) is 2.32. The van der Waals surface area contributed by atoms with E-state index in [1.54, 1.807) is 30.0 Å². The van der Waals surface area contributed by atoms with Gasteiger partial charge in [0.15, 0.2) is 0 Å². The largest absolute Gasteiger partial charge is 0.397 e. The molecular formula is C12H19N3OS. The molecule has 0 saturated carbocycles. The molecule has 0 aliphatic heterocycles. The van der Waals surface area contributed by atoms with Crippen molar-refractivity contribution in [3.8, 4) is 0 Å². The third-order valence-electron chi connectivity index (χ3n) is 2.27. The molecule has 4 nitrogen and oxygen atoms in total. The molecular weight excluding hydrogens is 234 g/mol. The lowest BCUT2D eigenvalue weighted by atomic mass is 10.1. The topological polar surface area (TPSA) is 67.2 Å². The van der Waals surface area contributed by atoms with Gasteiger partial charge in [-0.25, -0.2) is 0 Å². The Kier molecular flexibility index (Phi) is 5.69. The molecule has 0 spiro atoms. The Labute approximate surface area is 106 Å². The SMILES string of the molecule is CCNC(=O)c1ccc(N)c(NCCSC)c1.